The summed E-state index contributed by atoms with van der Waals surface area (Å²) in [7, 11) is 0. The molecule has 1 unspecified atom stereocenters. The summed E-state index contributed by atoms with van der Waals surface area (Å²) in [6, 6.07) is -0.0160. The van der Waals surface area contributed by atoms with Gasteiger partial charge in [0.2, 0.25) is 0 Å². The molecule has 0 fully saturated rings. The van der Waals surface area contributed by atoms with Gasteiger partial charge in [-0.1, -0.05) is 128 Å². The predicted molar refractivity (Wildman–Crippen MR) is 128 cm³/mol. The summed E-state index contributed by atoms with van der Waals surface area (Å²) in [5.41, 5.74) is 0. The standard InChI is InChI=1S/C26H53NO2/c1-2-3-4-5-6-7-8-9-10-11-12-13-14-15-16-17-18-19-20-21-22-26(25-29)27-23-24-28/h21-22,26-29H,2-20,23-25H2,1H3/b22-21+. The number of nitrogens with one attached hydrogen (secondary N) is 1. The van der Waals surface area contributed by atoms with Gasteiger partial charge in [-0.2, -0.15) is 0 Å². The SMILES string of the molecule is CCCCCCCCCCCCCCCCCCCC/C=C/C(CO)NCCO. The number of unbranched alkanes of at least 4 members (excludes halogenated alkanes) is 18. The highest BCUT2D eigenvalue weighted by atomic mass is 16.3. The summed E-state index contributed by atoms with van der Waals surface area (Å²) >= 11 is 0. The van der Waals surface area contributed by atoms with Crippen LogP contribution in [0.3, 0.4) is 0 Å². The van der Waals surface area contributed by atoms with Crippen molar-refractivity contribution in [1.82, 2.24) is 5.32 Å². The summed E-state index contributed by atoms with van der Waals surface area (Å²) in [4.78, 5) is 0. The molecular formula is C26H53NO2. The summed E-state index contributed by atoms with van der Waals surface area (Å²) in [6.07, 6.45) is 30.7. The Morgan fingerprint density at radius 1 is 0.621 bits per heavy atom. The van der Waals surface area contributed by atoms with E-state index in [2.05, 4.69) is 18.3 Å². The normalized spacial score (nSPS) is 12.8. The van der Waals surface area contributed by atoms with E-state index in [1.807, 2.05) is 6.08 Å². The lowest BCUT2D eigenvalue weighted by atomic mass is 10.0. The monoisotopic (exact) mass is 411 g/mol. The Labute approximate surface area is 182 Å². The van der Waals surface area contributed by atoms with E-state index in [9.17, 15) is 5.11 Å². The van der Waals surface area contributed by atoms with Crippen molar-refractivity contribution in [2.45, 2.75) is 135 Å². The largest absolute Gasteiger partial charge is 0.395 e. The lowest BCUT2D eigenvalue weighted by Crippen LogP contribution is -2.32. The van der Waals surface area contributed by atoms with Gasteiger partial charge < -0.3 is 15.5 Å². The van der Waals surface area contributed by atoms with Gasteiger partial charge >= 0.3 is 0 Å². The third-order valence-corrected chi connectivity index (χ3v) is 5.81. The number of aliphatic hydroxyl groups is 2. The molecule has 0 spiro atoms. The van der Waals surface area contributed by atoms with Crippen LogP contribution in [-0.2, 0) is 0 Å². The maximum absolute atomic E-state index is 9.22. The van der Waals surface area contributed by atoms with Gasteiger partial charge in [-0.25, -0.2) is 0 Å². The molecule has 1 atom stereocenters. The highest BCUT2D eigenvalue weighted by Gasteiger charge is 1.99. The van der Waals surface area contributed by atoms with Gasteiger partial charge in [0.25, 0.3) is 0 Å². The quantitative estimate of drug-likeness (QED) is 0.119. The van der Waals surface area contributed by atoms with E-state index < -0.39 is 0 Å². The fourth-order valence-corrected chi connectivity index (χ4v) is 3.87. The van der Waals surface area contributed by atoms with Crippen LogP contribution in [0.4, 0.5) is 0 Å². The molecule has 0 amide bonds. The van der Waals surface area contributed by atoms with Gasteiger partial charge in [0.05, 0.1) is 13.2 Å². The van der Waals surface area contributed by atoms with Crippen molar-refractivity contribution < 1.29 is 10.2 Å². The van der Waals surface area contributed by atoms with Crippen LogP contribution < -0.4 is 5.32 Å². The zero-order valence-electron chi connectivity index (χ0n) is 19.7. The Balaban J connectivity index is 3.16. The van der Waals surface area contributed by atoms with Crippen LogP contribution in [0.25, 0.3) is 0 Å². The molecule has 0 heterocycles. The average molecular weight is 412 g/mol. The van der Waals surface area contributed by atoms with Crippen molar-refractivity contribution >= 4 is 0 Å². The van der Waals surface area contributed by atoms with E-state index in [4.69, 9.17) is 5.11 Å². The van der Waals surface area contributed by atoms with Crippen molar-refractivity contribution in [2.75, 3.05) is 19.8 Å². The molecule has 0 saturated heterocycles. The Kier molecular flexibility index (Phi) is 25.3. The molecule has 0 aliphatic rings. The van der Waals surface area contributed by atoms with Crippen LogP contribution in [0, 0.1) is 0 Å². The molecule has 0 rings (SSSR count). The maximum Gasteiger partial charge on any atom is 0.0620 e. The van der Waals surface area contributed by atoms with E-state index in [0.717, 1.165) is 6.42 Å². The zero-order valence-corrected chi connectivity index (χ0v) is 19.7. The minimum atomic E-state index is -0.0160. The lowest BCUT2D eigenvalue weighted by molar-refractivity contribution is 0.244. The van der Waals surface area contributed by atoms with Crippen molar-refractivity contribution in [2.24, 2.45) is 0 Å². The molecule has 0 aromatic carbocycles. The molecule has 3 heteroatoms. The van der Waals surface area contributed by atoms with Gasteiger partial charge in [0, 0.05) is 12.6 Å². The molecule has 0 aromatic rings. The molecule has 3 N–H and O–H groups in total. The van der Waals surface area contributed by atoms with Gasteiger partial charge in [-0.15, -0.1) is 0 Å². The average Bonchev–Trinajstić information content (AvgIpc) is 2.74. The van der Waals surface area contributed by atoms with E-state index >= 15 is 0 Å². The first-order chi connectivity index (χ1) is 14.3. The molecule has 0 aliphatic carbocycles. The fourth-order valence-electron chi connectivity index (χ4n) is 3.87. The molecule has 174 valence electrons. The van der Waals surface area contributed by atoms with E-state index in [1.54, 1.807) is 0 Å². The zero-order chi connectivity index (χ0) is 21.3. The summed E-state index contributed by atoms with van der Waals surface area (Å²) < 4.78 is 0. The van der Waals surface area contributed by atoms with Gasteiger partial charge in [0.1, 0.15) is 0 Å². The molecule has 0 aromatic heterocycles. The van der Waals surface area contributed by atoms with Crippen LogP contribution in [0.5, 0.6) is 0 Å². The van der Waals surface area contributed by atoms with Gasteiger partial charge in [0.15, 0.2) is 0 Å². The van der Waals surface area contributed by atoms with E-state index in [0.29, 0.717) is 6.54 Å². The number of allylic oxidation sites excluding steroid dienone is 1. The van der Waals surface area contributed by atoms with Crippen LogP contribution in [0.15, 0.2) is 12.2 Å². The van der Waals surface area contributed by atoms with Crippen LogP contribution >= 0.6 is 0 Å². The number of rotatable bonds is 24. The number of hydrogen-bond acceptors (Lipinski definition) is 3. The van der Waals surface area contributed by atoms with E-state index in [-0.39, 0.29) is 19.3 Å². The Morgan fingerprint density at radius 2 is 1.03 bits per heavy atom. The number of hydrogen-bond donors (Lipinski definition) is 3. The first kappa shape index (κ1) is 28.6. The smallest absolute Gasteiger partial charge is 0.0620 e. The highest BCUT2D eigenvalue weighted by Crippen LogP contribution is 2.14. The van der Waals surface area contributed by atoms with Gasteiger partial charge in [-0.3, -0.25) is 0 Å². The van der Waals surface area contributed by atoms with Crippen molar-refractivity contribution in [3.05, 3.63) is 12.2 Å². The van der Waals surface area contributed by atoms with Crippen LogP contribution in [0.1, 0.15) is 129 Å². The minimum absolute atomic E-state index is 0.0160. The van der Waals surface area contributed by atoms with Crippen molar-refractivity contribution in [1.29, 1.82) is 0 Å². The van der Waals surface area contributed by atoms with Gasteiger partial charge in [-0.05, 0) is 12.8 Å². The second kappa shape index (κ2) is 25.7. The first-order valence-corrected chi connectivity index (χ1v) is 13.0. The van der Waals surface area contributed by atoms with Crippen LogP contribution in [-0.4, -0.2) is 36.0 Å². The summed E-state index contributed by atoms with van der Waals surface area (Å²) in [5, 5.41) is 21.1. The highest BCUT2D eigenvalue weighted by molar-refractivity contribution is 4.92. The molecule has 0 radical (unpaired) electrons. The maximum atomic E-state index is 9.22. The minimum Gasteiger partial charge on any atom is -0.395 e. The second-order valence-electron chi connectivity index (χ2n) is 8.69. The summed E-state index contributed by atoms with van der Waals surface area (Å²) in [6.45, 7) is 3.03. The van der Waals surface area contributed by atoms with Crippen molar-refractivity contribution in [3.8, 4) is 0 Å². The van der Waals surface area contributed by atoms with E-state index in [1.165, 1.54) is 116 Å². The van der Waals surface area contributed by atoms with Crippen LogP contribution in [0.2, 0.25) is 0 Å². The predicted octanol–water partition coefficient (Wildman–Crippen LogP) is 6.92. The molecule has 0 saturated carbocycles. The third kappa shape index (κ3) is 23.8. The number of aliphatic hydroxyl groups excluding tert-OH is 2. The second-order valence-corrected chi connectivity index (χ2v) is 8.69. The first-order valence-electron chi connectivity index (χ1n) is 13.0. The Bertz CT molecular complexity index is 320. The molecule has 29 heavy (non-hydrogen) atoms. The molecule has 0 bridgehead atoms. The Hall–Kier alpha value is -0.380. The Morgan fingerprint density at radius 3 is 1.41 bits per heavy atom. The summed E-state index contributed by atoms with van der Waals surface area (Å²) in [5.74, 6) is 0. The van der Waals surface area contributed by atoms with Crippen molar-refractivity contribution in [3.63, 3.8) is 0 Å². The topological polar surface area (TPSA) is 52.5 Å². The fraction of sp³-hybridized carbons (Fsp3) is 0.923. The lowest BCUT2D eigenvalue weighted by Gasteiger charge is -2.10. The molecule has 3 nitrogen and oxygen atoms in total. The molecular weight excluding hydrogens is 358 g/mol. The third-order valence-electron chi connectivity index (χ3n) is 5.81. The molecule has 0 aliphatic heterocycles.